The quantitative estimate of drug-likeness (QED) is 0.746. The van der Waals surface area contributed by atoms with Crippen molar-refractivity contribution in [3.63, 3.8) is 0 Å². The molecular formula is C8H5F6NO. The van der Waals surface area contributed by atoms with Gasteiger partial charge in [0.15, 0.2) is 17.3 Å². The van der Waals surface area contributed by atoms with Gasteiger partial charge in [-0.05, 0) is 0 Å². The molecule has 1 aromatic heterocycles. The molecule has 0 aromatic carbocycles. The van der Waals surface area contributed by atoms with Crippen molar-refractivity contribution in [2.45, 2.75) is 12.6 Å². The Morgan fingerprint density at radius 3 is 2.25 bits per heavy atom. The molecule has 0 N–H and O–H groups in total. The summed E-state index contributed by atoms with van der Waals surface area (Å²) in [5, 5.41) is 0. The zero-order chi connectivity index (χ0) is 12.5. The molecule has 0 radical (unpaired) electrons. The fourth-order valence-electron chi connectivity index (χ4n) is 1.04. The van der Waals surface area contributed by atoms with Gasteiger partial charge in [0.1, 0.15) is 0 Å². The number of ether oxygens (including phenoxy) is 1. The van der Waals surface area contributed by atoms with E-state index >= 15 is 0 Å². The smallest absolute Gasteiger partial charge is 0.436 e. The van der Waals surface area contributed by atoms with Gasteiger partial charge in [-0.1, -0.05) is 0 Å². The number of nitrogens with zero attached hydrogens (tertiary/aromatic N) is 1. The van der Waals surface area contributed by atoms with Crippen LogP contribution in [0.2, 0.25) is 0 Å². The van der Waals surface area contributed by atoms with Crippen molar-refractivity contribution < 1.29 is 31.1 Å². The second kappa shape index (κ2) is 4.18. The van der Waals surface area contributed by atoms with Gasteiger partial charge in [-0.25, -0.2) is 18.2 Å². The van der Waals surface area contributed by atoms with Crippen molar-refractivity contribution in [1.82, 2.24) is 4.98 Å². The molecule has 2 nitrogen and oxygen atoms in total. The van der Waals surface area contributed by atoms with E-state index in [4.69, 9.17) is 0 Å². The number of pyridine rings is 1. The average molecular weight is 245 g/mol. The standard InChI is InChI=1S/C8H5F6NO/c1-16-5-3(7(10)11)2-15-6(4(5)9)8(12,13)14/h2,7H,1H3. The van der Waals surface area contributed by atoms with Crippen LogP contribution in [0.1, 0.15) is 17.7 Å². The Balaban J connectivity index is 3.41. The van der Waals surface area contributed by atoms with Gasteiger partial charge >= 0.3 is 6.18 Å². The molecule has 0 bridgehead atoms. The topological polar surface area (TPSA) is 22.1 Å². The molecule has 0 atom stereocenters. The number of halogens is 6. The van der Waals surface area contributed by atoms with E-state index in [1.165, 1.54) is 0 Å². The summed E-state index contributed by atoms with van der Waals surface area (Å²) in [7, 11) is 0.796. The van der Waals surface area contributed by atoms with Crippen LogP contribution in [0.4, 0.5) is 26.3 Å². The Bertz CT molecular complexity index is 389. The van der Waals surface area contributed by atoms with Crippen molar-refractivity contribution in [1.29, 1.82) is 0 Å². The first-order valence-corrected chi connectivity index (χ1v) is 3.86. The van der Waals surface area contributed by atoms with Gasteiger partial charge in [-0.3, -0.25) is 0 Å². The van der Waals surface area contributed by atoms with Crippen molar-refractivity contribution in [2.75, 3.05) is 7.11 Å². The Morgan fingerprint density at radius 1 is 1.31 bits per heavy atom. The lowest BCUT2D eigenvalue weighted by molar-refractivity contribution is -0.144. The molecule has 0 amide bonds. The molecule has 0 aliphatic rings. The zero-order valence-corrected chi connectivity index (χ0v) is 7.78. The minimum Gasteiger partial charge on any atom is -0.493 e. The Hall–Kier alpha value is -1.47. The summed E-state index contributed by atoms with van der Waals surface area (Å²) >= 11 is 0. The SMILES string of the molecule is COc1c(C(F)F)cnc(C(F)(F)F)c1F. The normalized spacial score (nSPS) is 12.0. The maximum atomic E-state index is 13.1. The Labute approximate surface area is 85.9 Å². The molecule has 0 saturated carbocycles. The van der Waals surface area contributed by atoms with Gasteiger partial charge in [0.2, 0.25) is 0 Å². The van der Waals surface area contributed by atoms with Crippen LogP contribution in [-0.4, -0.2) is 12.1 Å². The maximum absolute atomic E-state index is 13.1. The molecule has 0 aliphatic heterocycles. The van der Waals surface area contributed by atoms with Gasteiger partial charge in [0, 0.05) is 6.20 Å². The van der Waals surface area contributed by atoms with E-state index in [1.54, 1.807) is 0 Å². The highest BCUT2D eigenvalue weighted by Gasteiger charge is 2.39. The monoisotopic (exact) mass is 245 g/mol. The summed E-state index contributed by atoms with van der Waals surface area (Å²) in [6, 6.07) is 0. The summed E-state index contributed by atoms with van der Waals surface area (Å²) < 4.78 is 78.3. The van der Waals surface area contributed by atoms with Gasteiger partial charge in [0.05, 0.1) is 12.7 Å². The summed E-state index contributed by atoms with van der Waals surface area (Å²) in [5.74, 6) is -3.08. The molecule has 0 aliphatic carbocycles. The molecule has 0 fully saturated rings. The van der Waals surface area contributed by atoms with E-state index in [0.717, 1.165) is 7.11 Å². The van der Waals surface area contributed by atoms with E-state index in [2.05, 4.69) is 9.72 Å². The van der Waals surface area contributed by atoms with Crippen LogP contribution in [0.25, 0.3) is 0 Å². The summed E-state index contributed by atoms with van der Waals surface area (Å²) in [5.41, 5.74) is -2.90. The maximum Gasteiger partial charge on any atom is 0.436 e. The van der Waals surface area contributed by atoms with Crippen molar-refractivity contribution in [3.8, 4) is 5.75 Å². The highest BCUT2D eigenvalue weighted by atomic mass is 19.4. The summed E-state index contributed by atoms with van der Waals surface area (Å²) in [4.78, 5) is 2.62. The Morgan fingerprint density at radius 2 is 1.88 bits per heavy atom. The van der Waals surface area contributed by atoms with Crippen LogP contribution in [0.15, 0.2) is 6.20 Å². The van der Waals surface area contributed by atoms with E-state index in [1.807, 2.05) is 0 Å². The molecular weight excluding hydrogens is 240 g/mol. The highest BCUT2D eigenvalue weighted by molar-refractivity contribution is 5.36. The van der Waals surface area contributed by atoms with E-state index in [-0.39, 0.29) is 6.20 Å². The fraction of sp³-hybridized carbons (Fsp3) is 0.375. The minimum absolute atomic E-state index is 0.245. The van der Waals surface area contributed by atoms with E-state index in [0.29, 0.717) is 0 Å². The third kappa shape index (κ3) is 2.20. The van der Waals surface area contributed by atoms with Gasteiger partial charge in [0.25, 0.3) is 6.43 Å². The van der Waals surface area contributed by atoms with Crippen molar-refractivity contribution in [2.24, 2.45) is 0 Å². The van der Waals surface area contributed by atoms with Gasteiger partial charge in [-0.15, -0.1) is 0 Å². The van der Waals surface area contributed by atoms with Crippen molar-refractivity contribution >= 4 is 0 Å². The number of hydrogen-bond donors (Lipinski definition) is 0. The van der Waals surface area contributed by atoms with Gasteiger partial charge in [-0.2, -0.15) is 13.2 Å². The largest absolute Gasteiger partial charge is 0.493 e. The lowest BCUT2D eigenvalue weighted by atomic mass is 10.2. The third-order valence-corrected chi connectivity index (χ3v) is 1.71. The average Bonchev–Trinajstić information content (AvgIpc) is 2.14. The third-order valence-electron chi connectivity index (χ3n) is 1.71. The first-order valence-electron chi connectivity index (χ1n) is 3.86. The van der Waals surface area contributed by atoms with Crippen LogP contribution >= 0.6 is 0 Å². The van der Waals surface area contributed by atoms with E-state index < -0.39 is 35.4 Å². The van der Waals surface area contributed by atoms with Crippen molar-refractivity contribution in [3.05, 3.63) is 23.3 Å². The summed E-state index contributed by atoms with van der Waals surface area (Å²) in [6.45, 7) is 0. The second-order valence-corrected chi connectivity index (χ2v) is 2.71. The number of rotatable bonds is 2. The molecule has 1 rings (SSSR count). The lowest BCUT2D eigenvalue weighted by Gasteiger charge is -2.12. The predicted octanol–water partition coefficient (Wildman–Crippen LogP) is 3.19. The summed E-state index contributed by atoms with van der Waals surface area (Å²) in [6.07, 6.45) is -7.98. The second-order valence-electron chi connectivity index (χ2n) is 2.71. The molecule has 1 aromatic rings. The molecule has 16 heavy (non-hydrogen) atoms. The van der Waals surface area contributed by atoms with Crippen LogP contribution in [0, 0.1) is 5.82 Å². The van der Waals surface area contributed by atoms with Crippen LogP contribution < -0.4 is 4.74 Å². The number of alkyl halides is 5. The van der Waals surface area contributed by atoms with Crippen LogP contribution in [-0.2, 0) is 6.18 Å². The highest BCUT2D eigenvalue weighted by Crippen LogP contribution is 2.37. The molecule has 90 valence electrons. The zero-order valence-electron chi connectivity index (χ0n) is 7.78. The van der Waals surface area contributed by atoms with E-state index in [9.17, 15) is 26.3 Å². The lowest BCUT2D eigenvalue weighted by Crippen LogP contribution is -2.13. The minimum atomic E-state index is -5.06. The molecule has 0 unspecified atom stereocenters. The molecule has 1 heterocycles. The number of aromatic nitrogens is 1. The molecule has 8 heteroatoms. The molecule has 0 saturated heterocycles. The van der Waals surface area contributed by atoms with Crippen LogP contribution in [0.3, 0.4) is 0 Å². The fourth-order valence-corrected chi connectivity index (χ4v) is 1.04. The predicted molar refractivity (Wildman–Crippen MR) is 40.7 cm³/mol. The number of hydrogen-bond acceptors (Lipinski definition) is 2. The molecule has 0 spiro atoms. The van der Waals surface area contributed by atoms with Gasteiger partial charge < -0.3 is 4.74 Å². The first-order chi connectivity index (χ1) is 7.29. The Kier molecular flexibility index (Phi) is 3.30. The first kappa shape index (κ1) is 12.6. The number of methoxy groups -OCH3 is 1. The van der Waals surface area contributed by atoms with Crippen LogP contribution in [0.5, 0.6) is 5.75 Å².